The first kappa shape index (κ1) is 13.6. The number of nitrogens with one attached hydrogen (secondary N) is 1. The lowest BCUT2D eigenvalue weighted by Crippen LogP contribution is -2.35. The predicted molar refractivity (Wildman–Crippen MR) is 70.2 cm³/mol. The number of nitrogens with zero attached hydrogens (tertiary/aromatic N) is 2. The summed E-state index contributed by atoms with van der Waals surface area (Å²) in [7, 11) is 0. The van der Waals surface area contributed by atoms with Crippen molar-refractivity contribution in [2.75, 3.05) is 18.5 Å². The van der Waals surface area contributed by atoms with Gasteiger partial charge in [-0.2, -0.15) is 4.98 Å². The van der Waals surface area contributed by atoms with Crippen molar-refractivity contribution >= 4 is 11.8 Å². The largest absolute Gasteiger partial charge is 0.481 e. The Balaban J connectivity index is 2.01. The Kier molecular flexibility index (Phi) is 4.19. The molecule has 0 bridgehead atoms. The molecule has 0 unspecified atom stereocenters. The van der Waals surface area contributed by atoms with Gasteiger partial charge in [-0.15, -0.1) is 0 Å². The molecule has 1 fully saturated rings. The van der Waals surface area contributed by atoms with Gasteiger partial charge in [0.2, 0.25) is 5.88 Å². The minimum Gasteiger partial charge on any atom is -0.481 e. The van der Waals surface area contributed by atoms with Gasteiger partial charge in [-0.3, -0.25) is 9.78 Å². The number of carboxylic acid groups (broad SMARTS) is 1. The van der Waals surface area contributed by atoms with Crippen LogP contribution in [0.3, 0.4) is 0 Å². The standard InChI is InChI=1S/C13H19N3O3/c1-2-19-11-8-14-7-10(16-11)15-9-13(12(17)18)5-3-4-6-13/h7-8H,2-6,9H2,1H3,(H,15,16)(H,17,18). The second kappa shape index (κ2) is 5.86. The summed E-state index contributed by atoms with van der Waals surface area (Å²) in [6.45, 7) is 2.78. The van der Waals surface area contributed by atoms with Crippen molar-refractivity contribution in [2.24, 2.45) is 5.41 Å². The molecule has 104 valence electrons. The molecule has 2 rings (SSSR count). The van der Waals surface area contributed by atoms with Gasteiger partial charge in [-0.05, 0) is 19.8 Å². The van der Waals surface area contributed by atoms with Crippen LogP contribution in [-0.4, -0.2) is 34.2 Å². The first-order chi connectivity index (χ1) is 9.16. The molecule has 0 spiro atoms. The van der Waals surface area contributed by atoms with Crippen molar-refractivity contribution in [3.05, 3.63) is 12.4 Å². The van der Waals surface area contributed by atoms with E-state index in [2.05, 4.69) is 15.3 Å². The number of rotatable bonds is 6. The Morgan fingerprint density at radius 3 is 2.84 bits per heavy atom. The van der Waals surface area contributed by atoms with Crippen LogP contribution < -0.4 is 10.1 Å². The topological polar surface area (TPSA) is 84.3 Å². The van der Waals surface area contributed by atoms with Crippen LogP contribution in [0, 0.1) is 5.41 Å². The summed E-state index contributed by atoms with van der Waals surface area (Å²) >= 11 is 0. The molecular formula is C13H19N3O3. The van der Waals surface area contributed by atoms with Gasteiger partial charge in [0, 0.05) is 6.54 Å². The van der Waals surface area contributed by atoms with E-state index in [1.54, 1.807) is 6.20 Å². The Hall–Kier alpha value is -1.85. The maximum atomic E-state index is 11.4. The molecule has 19 heavy (non-hydrogen) atoms. The summed E-state index contributed by atoms with van der Waals surface area (Å²) in [6, 6.07) is 0. The Morgan fingerprint density at radius 1 is 1.47 bits per heavy atom. The smallest absolute Gasteiger partial charge is 0.311 e. The van der Waals surface area contributed by atoms with Gasteiger partial charge in [0.1, 0.15) is 5.82 Å². The van der Waals surface area contributed by atoms with Crippen LogP contribution in [0.1, 0.15) is 32.6 Å². The highest BCUT2D eigenvalue weighted by molar-refractivity contribution is 5.75. The van der Waals surface area contributed by atoms with Crippen molar-refractivity contribution in [1.29, 1.82) is 0 Å². The maximum Gasteiger partial charge on any atom is 0.311 e. The van der Waals surface area contributed by atoms with Gasteiger partial charge in [-0.1, -0.05) is 12.8 Å². The number of ether oxygens (including phenoxy) is 1. The Morgan fingerprint density at radius 2 is 2.21 bits per heavy atom. The normalized spacial score (nSPS) is 17.1. The lowest BCUT2D eigenvalue weighted by molar-refractivity contribution is -0.147. The van der Waals surface area contributed by atoms with Crippen LogP contribution in [0.5, 0.6) is 5.88 Å². The summed E-state index contributed by atoms with van der Waals surface area (Å²) in [5.41, 5.74) is -0.663. The molecule has 0 amide bonds. The van der Waals surface area contributed by atoms with Crippen LogP contribution in [0.2, 0.25) is 0 Å². The number of hydrogen-bond acceptors (Lipinski definition) is 5. The molecule has 1 aliphatic carbocycles. The fourth-order valence-corrected chi connectivity index (χ4v) is 2.43. The molecule has 0 saturated heterocycles. The SMILES string of the molecule is CCOc1cncc(NCC2(C(=O)O)CCCC2)n1. The Labute approximate surface area is 112 Å². The predicted octanol–water partition coefficient (Wildman–Crippen LogP) is 1.93. The molecule has 1 aromatic heterocycles. The van der Waals surface area contributed by atoms with Gasteiger partial charge in [-0.25, -0.2) is 0 Å². The molecule has 0 radical (unpaired) electrons. The summed E-state index contributed by atoms with van der Waals surface area (Å²) in [5, 5.41) is 12.5. The second-order valence-corrected chi connectivity index (χ2v) is 4.82. The van der Waals surface area contributed by atoms with Crippen molar-refractivity contribution in [1.82, 2.24) is 9.97 Å². The van der Waals surface area contributed by atoms with Gasteiger partial charge in [0.25, 0.3) is 0 Å². The van der Waals surface area contributed by atoms with Gasteiger partial charge in [0.15, 0.2) is 0 Å². The average molecular weight is 265 g/mol. The molecule has 0 aromatic carbocycles. The van der Waals surface area contributed by atoms with Gasteiger partial charge in [0.05, 0.1) is 24.4 Å². The van der Waals surface area contributed by atoms with Crippen LogP contribution >= 0.6 is 0 Å². The third-order valence-corrected chi connectivity index (χ3v) is 3.53. The number of anilines is 1. The van der Waals surface area contributed by atoms with E-state index < -0.39 is 11.4 Å². The zero-order chi connectivity index (χ0) is 13.7. The van der Waals surface area contributed by atoms with E-state index in [4.69, 9.17) is 4.74 Å². The molecule has 1 heterocycles. The highest BCUT2D eigenvalue weighted by Crippen LogP contribution is 2.38. The lowest BCUT2D eigenvalue weighted by atomic mass is 9.86. The minimum atomic E-state index is -0.730. The molecule has 1 aliphatic rings. The van der Waals surface area contributed by atoms with Crippen LogP contribution in [0.4, 0.5) is 5.82 Å². The van der Waals surface area contributed by atoms with Crippen molar-refractivity contribution < 1.29 is 14.6 Å². The molecule has 2 N–H and O–H groups in total. The summed E-state index contributed by atoms with van der Waals surface area (Å²) in [5.74, 6) is 0.271. The fraction of sp³-hybridized carbons (Fsp3) is 0.615. The minimum absolute atomic E-state index is 0.382. The maximum absolute atomic E-state index is 11.4. The first-order valence-corrected chi connectivity index (χ1v) is 6.58. The van der Waals surface area contributed by atoms with E-state index in [-0.39, 0.29) is 0 Å². The molecular weight excluding hydrogens is 246 g/mol. The van der Waals surface area contributed by atoms with Gasteiger partial charge >= 0.3 is 5.97 Å². The number of hydrogen-bond donors (Lipinski definition) is 2. The zero-order valence-corrected chi connectivity index (χ0v) is 11.1. The number of carbonyl (C=O) groups is 1. The second-order valence-electron chi connectivity index (χ2n) is 4.82. The van der Waals surface area contributed by atoms with E-state index in [1.807, 2.05) is 6.92 Å². The summed E-state index contributed by atoms with van der Waals surface area (Å²) in [4.78, 5) is 19.7. The van der Waals surface area contributed by atoms with Gasteiger partial charge < -0.3 is 15.2 Å². The van der Waals surface area contributed by atoms with E-state index in [9.17, 15) is 9.90 Å². The van der Waals surface area contributed by atoms with E-state index >= 15 is 0 Å². The molecule has 0 atom stereocenters. The molecule has 1 aromatic rings. The van der Waals surface area contributed by atoms with E-state index in [0.717, 1.165) is 12.8 Å². The highest BCUT2D eigenvalue weighted by Gasteiger charge is 2.41. The van der Waals surface area contributed by atoms with E-state index in [1.165, 1.54) is 6.20 Å². The summed E-state index contributed by atoms with van der Waals surface area (Å²) < 4.78 is 5.26. The number of aromatic nitrogens is 2. The highest BCUT2D eigenvalue weighted by atomic mass is 16.5. The van der Waals surface area contributed by atoms with Crippen LogP contribution in [0.25, 0.3) is 0 Å². The third-order valence-electron chi connectivity index (χ3n) is 3.53. The van der Waals surface area contributed by atoms with Crippen molar-refractivity contribution in [3.63, 3.8) is 0 Å². The number of aliphatic carboxylic acids is 1. The average Bonchev–Trinajstić information content (AvgIpc) is 2.87. The van der Waals surface area contributed by atoms with Crippen molar-refractivity contribution in [2.45, 2.75) is 32.6 Å². The lowest BCUT2D eigenvalue weighted by Gasteiger charge is -2.24. The van der Waals surface area contributed by atoms with Crippen LogP contribution in [-0.2, 0) is 4.79 Å². The van der Waals surface area contributed by atoms with Crippen LogP contribution in [0.15, 0.2) is 12.4 Å². The molecule has 1 saturated carbocycles. The third kappa shape index (κ3) is 3.13. The number of carboxylic acids is 1. The Bertz CT molecular complexity index is 445. The van der Waals surface area contributed by atoms with Crippen molar-refractivity contribution in [3.8, 4) is 5.88 Å². The fourth-order valence-electron chi connectivity index (χ4n) is 2.43. The summed E-state index contributed by atoms with van der Waals surface area (Å²) in [6.07, 6.45) is 6.49. The molecule has 6 nitrogen and oxygen atoms in total. The van der Waals surface area contributed by atoms with E-state index in [0.29, 0.717) is 37.7 Å². The monoisotopic (exact) mass is 265 g/mol. The molecule has 0 aliphatic heterocycles. The molecule has 6 heteroatoms. The first-order valence-electron chi connectivity index (χ1n) is 6.58. The quantitative estimate of drug-likeness (QED) is 0.817. The zero-order valence-electron chi connectivity index (χ0n) is 11.1.